The van der Waals surface area contributed by atoms with Gasteiger partial charge in [0.15, 0.2) is 0 Å². The first-order valence-electron chi connectivity index (χ1n) is 11.4. The first-order valence-corrected chi connectivity index (χ1v) is 11.8. The van der Waals surface area contributed by atoms with Crippen molar-refractivity contribution in [2.75, 3.05) is 31.6 Å². The Morgan fingerprint density at radius 2 is 1.67 bits per heavy atom. The minimum absolute atomic E-state index is 0.0725. The Morgan fingerprint density at radius 1 is 0.939 bits per heavy atom. The number of aromatic hydroxyl groups is 1. The van der Waals surface area contributed by atoms with E-state index in [9.17, 15) is 9.90 Å². The number of phenolic OH excluding ortho intramolecular Hbond substituents is 1. The number of halogens is 1. The van der Waals surface area contributed by atoms with Crippen LogP contribution in [0.2, 0.25) is 5.02 Å². The van der Waals surface area contributed by atoms with E-state index in [-0.39, 0.29) is 11.3 Å². The molecule has 0 saturated carbocycles. The van der Waals surface area contributed by atoms with Gasteiger partial charge in [-0.15, -0.1) is 0 Å². The normalized spacial score (nSPS) is 11.0. The van der Waals surface area contributed by atoms with Gasteiger partial charge in [0.1, 0.15) is 11.5 Å². The summed E-state index contributed by atoms with van der Waals surface area (Å²) in [5, 5.41) is 18.9. The molecule has 0 spiro atoms. The summed E-state index contributed by atoms with van der Waals surface area (Å²) in [6, 6.07) is 15.9. The zero-order chi connectivity index (χ0) is 23.5. The zero-order valence-corrected chi connectivity index (χ0v) is 19.5. The van der Waals surface area contributed by atoms with E-state index in [2.05, 4.69) is 10.6 Å². The van der Waals surface area contributed by atoms with Gasteiger partial charge in [-0.05, 0) is 73.9 Å². The predicted octanol–water partition coefficient (Wildman–Crippen LogP) is 5.33. The molecule has 33 heavy (non-hydrogen) atoms. The molecule has 5 N–H and O–H groups in total. The van der Waals surface area contributed by atoms with Crippen LogP contribution in [0.4, 0.5) is 5.69 Å². The molecular weight excluding hydrogens is 438 g/mol. The molecule has 0 atom stereocenters. The monoisotopic (exact) mass is 469 g/mol. The SMILES string of the molecule is NCCCCCCNCCCOc1cc(Cl)ccc1NC(=O)c1cc2ccccc2cc1O. The lowest BCUT2D eigenvalue weighted by atomic mass is 10.1. The van der Waals surface area contributed by atoms with Crippen LogP contribution in [0.25, 0.3) is 10.8 Å². The number of amides is 1. The number of phenols is 1. The number of nitrogens with two attached hydrogens (primary N) is 1. The molecule has 3 rings (SSSR count). The molecule has 0 fully saturated rings. The van der Waals surface area contributed by atoms with Gasteiger partial charge in [-0.3, -0.25) is 4.79 Å². The molecule has 0 aliphatic rings. The van der Waals surface area contributed by atoms with E-state index < -0.39 is 5.91 Å². The zero-order valence-electron chi connectivity index (χ0n) is 18.8. The highest BCUT2D eigenvalue weighted by Crippen LogP contribution is 2.31. The second-order valence-electron chi connectivity index (χ2n) is 7.97. The summed E-state index contributed by atoms with van der Waals surface area (Å²) < 4.78 is 5.90. The van der Waals surface area contributed by atoms with Gasteiger partial charge in [0.2, 0.25) is 0 Å². The van der Waals surface area contributed by atoms with Crippen LogP contribution in [0.3, 0.4) is 0 Å². The second-order valence-corrected chi connectivity index (χ2v) is 8.40. The first-order chi connectivity index (χ1) is 16.1. The molecule has 0 radical (unpaired) electrons. The van der Waals surface area contributed by atoms with E-state index >= 15 is 0 Å². The fourth-order valence-electron chi connectivity index (χ4n) is 3.57. The maximum absolute atomic E-state index is 12.9. The lowest BCUT2D eigenvalue weighted by molar-refractivity contribution is 0.102. The van der Waals surface area contributed by atoms with E-state index in [1.807, 2.05) is 24.3 Å². The van der Waals surface area contributed by atoms with Crippen molar-refractivity contribution in [3.8, 4) is 11.5 Å². The highest BCUT2D eigenvalue weighted by molar-refractivity contribution is 6.30. The van der Waals surface area contributed by atoms with Gasteiger partial charge in [-0.25, -0.2) is 0 Å². The molecule has 7 heteroatoms. The number of carbonyl (C=O) groups excluding carboxylic acids is 1. The lowest BCUT2D eigenvalue weighted by Crippen LogP contribution is -2.19. The van der Waals surface area contributed by atoms with Crippen molar-refractivity contribution in [1.82, 2.24) is 5.32 Å². The third-order valence-electron chi connectivity index (χ3n) is 5.36. The number of benzene rings is 3. The smallest absolute Gasteiger partial charge is 0.259 e. The van der Waals surface area contributed by atoms with E-state index in [1.54, 1.807) is 30.3 Å². The molecule has 0 aromatic heterocycles. The van der Waals surface area contributed by atoms with Crippen LogP contribution in [0.15, 0.2) is 54.6 Å². The number of hydrogen-bond acceptors (Lipinski definition) is 5. The highest BCUT2D eigenvalue weighted by Gasteiger charge is 2.15. The summed E-state index contributed by atoms with van der Waals surface area (Å²) in [5.41, 5.74) is 6.21. The van der Waals surface area contributed by atoms with Crippen LogP contribution >= 0.6 is 11.6 Å². The number of anilines is 1. The molecular formula is C26H32ClN3O3. The van der Waals surface area contributed by atoms with Gasteiger partial charge in [0, 0.05) is 11.1 Å². The van der Waals surface area contributed by atoms with Gasteiger partial charge in [0.05, 0.1) is 17.9 Å². The number of ether oxygens (including phenoxy) is 1. The number of fused-ring (bicyclic) bond motifs is 1. The van der Waals surface area contributed by atoms with Crippen LogP contribution in [-0.2, 0) is 0 Å². The van der Waals surface area contributed by atoms with E-state index in [1.165, 1.54) is 12.8 Å². The number of rotatable bonds is 13. The van der Waals surface area contributed by atoms with Crippen LogP contribution in [0.1, 0.15) is 42.5 Å². The van der Waals surface area contributed by atoms with Crippen molar-refractivity contribution in [2.45, 2.75) is 32.1 Å². The fraction of sp³-hybridized carbons (Fsp3) is 0.346. The second kappa shape index (κ2) is 13.0. The molecule has 0 unspecified atom stereocenters. The number of carbonyl (C=O) groups is 1. The van der Waals surface area contributed by atoms with Crippen molar-refractivity contribution in [3.63, 3.8) is 0 Å². The maximum Gasteiger partial charge on any atom is 0.259 e. The molecule has 1 amide bonds. The predicted molar refractivity (Wildman–Crippen MR) is 136 cm³/mol. The summed E-state index contributed by atoms with van der Waals surface area (Å²) >= 11 is 6.14. The lowest BCUT2D eigenvalue weighted by Gasteiger charge is -2.14. The van der Waals surface area contributed by atoms with Crippen LogP contribution in [0, 0.1) is 0 Å². The summed E-state index contributed by atoms with van der Waals surface area (Å²) in [7, 11) is 0. The van der Waals surface area contributed by atoms with Gasteiger partial charge < -0.3 is 26.2 Å². The van der Waals surface area contributed by atoms with Gasteiger partial charge in [0.25, 0.3) is 5.91 Å². The fourth-order valence-corrected chi connectivity index (χ4v) is 3.73. The Hall–Kier alpha value is -2.80. The molecule has 0 aliphatic heterocycles. The quantitative estimate of drug-likeness (QED) is 0.254. The Kier molecular flexibility index (Phi) is 9.81. The van der Waals surface area contributed by atoms with Crippen LogP contribution in [0.5, 0.6) is 11.5 Å². The highest BCUT2D eigenvalue weighted by atomic mass is 35.5. The number of nitrogens with one attached hydrogen (secondary N) is 2. The van der Waals surface area contributed by atoms with Crippen molar-refractivity contribution >= 4 is 34.0 Å². The van der Waals surface area contributed by atoms with E-state index in [4.69, 9.17) is 22.1 Å². The maximum atomic E-state index is 12.9. The van der Waals surface area contributed by atoms with Crippen LogP contribution < -0.4 is 21.1 Å². The molecule has 0 heterocycles. The average Bonchev–Trinajstić information content (AvgIpc) is 2.81. The summed E-state index contributed by atoms with van der Waals surface area (Å²) in [5.74, 6) is 0.0105. The average molecular weight is 470 g/mol. The summed E-state index contributed by atoms with van der Waals surface area (Å²) in [6.45, 7) is 3.09. The molecule has 176 valence electrons. The molecule has 6 nitrogen and oxygen atoms in total. The summed E-state index contributed by atoms with van der Waals surface area (Å²) in [6.07, 6.45) is 5.44. The third-order valence-corrected chi connectivity index (χ3v) is 5.60. The van der Waals surface area contributed by atoms with E-state index in [0.29, 0.717) is 23.1 Å². The van der Waals surface area contributed by atoms with Gasteiger partial charge in [-0.1, -0.05) is 48.7 Å². The Labute approximate surface area is 200 Å². The molecule has 0 bridgehead atoms. The van der Waals surface area contributed by atoms with Crippen molar-refractivity contribution < 1.29 is 14.6 Å². The standard InChI is InChI=1S/C26H32ClN3O3/c27-21-10-11-23(25(18-21)33-15-7-14-29-13-6-2-1-5-12-28)30-26(32)22-16-19-8-3-4-9-20(19)17-24(22)31/h3-4,8-11,16-18,29,31H,1-2,5-7,12-15,28H2,(H,30,32). The van der Waals surface area contributed by atoms with E-state index in [0.717, 1.165) is 49.7 Å². The van der Waals surface area contributed by atoms with Crippen molar-refractivity contribution in [1.29, 1.82) is 0 Å². The summed E-state index contributed by atoms with van der Waals surface area (Å²) in [4.78, 5) is 12.9. The Bertz CT molecular complexity index is 1060. The van der Waals surface area contributed by atoms with Gasteiger partial charge >= 0.3 is 0 Å². The minimum Gasteiger partial charge on any atom is -0.507 e. The molecule has 3 aromatic carbocycles. The van der Waals surface area contributed by atoms with Crippen LogP contribution in [-0.4, -0.2) is 37.3 Å². The largest absolute Gasteiger partial charge is 0.507 e. The third kappa shape index (κ3) is 7.63. The first kappa shape index (κ1) is 24.8. The Balaban J connectivity index is 1.53. The number of unbranched alkanes of at least 4 members (excludes halogenated alkanes) is 3. The molecule has 0 saturated heterocycles. The minimum atomic E-state index is -0.415. The van der Waals surface area contributed by atoms with Gasteiger partial charge in [-0.2, -0.15) is 0 Å². The molecule has 0 aliphatic carbocycles. The Morgan fingerprint density at radius 3 is 2.45 bits per heavy atom. The topological polar surface area (TPSA) is 96.6 Å². The number of hydrogen-bond donors (Lipinski definition) is 4. The van der Waals surface area contributed by atoms with Crippen molar-refractivity contribution in [3.05, 3.63) is 65.2 Å². The van der Waals surface area contributed by atoms with Crippen molar-refractivity contribution in [2.24, 2.45) is 5.73 Å². The molecule has 3 aromatic rings.